The summed E-state index contributed by atoms with van der Waals surface area (Å²) >= 11 is 0. The molecule has 3 aromatic rings. The molecule has 0 unspecified atom stereocenters. The van der Waals surface area contributed by atoms with Crippen LogP contribution in [0.15, 0.2) is 34.1 Å². The summed E-state index contributed by atoms with van der Waals surface area (Å²) < 4.78 is 29.6. The molecule has 0 spiro atoms. The number of sulfonamides is 1. The maximum Gasteiger partial charge on any atom is 0.323 e. The van der Waals surface area contributed by atoms with Gasteiger partial charge in [0.15, 0.2) is 0 Å². The van der Waals surface area contributed by atoms with Gasteiger partial charge in [-0.1, -0.05) is 0 Å². The molecular weight excluding hydrogens is 330 g/mol. The number of nitrogens with one attached hydrogen (secondary N) is 3. The zero-order valence-corrected chi connectivity index (χ0v) is 13.7. The van der Waals surface area contributed by atoms with Crippen LogP contribution in [-0.4, -0.2) is 27.9 Å². The molecule has 3 N–H and O–H groups in total. The van der Waals surface area contributed by atoms with E-state index < -0.39 is 10.0 Å². The van der Waals surface area contributed by atoms with Gasteiger partial charge < -0.3 is 14.5 Å². The van der Waals surface area contributed by atoms with E-state index in [0.717, 1.165) is 31.6 Å². The fourth-order valence-corrected chi connectivity index (χ4v) is 4.01. The van der Waals surface area contributed by atoms with Gasteiger partial charge in [0.2, 0.25) is 10.0 Å². The van der Waals surface area contributed by atoms with E-state index in [9.17, 15) is 13.2 Å². The van der Waals surface area contributed by atoms with Crippen LogP contribution in [0.1, 0.15) is 24.4 Å². The van der Waals surface area contributed by atoms with Gasteiger partial charge in [-0.15, -0.1) is 0 Å². The van der Waals surface area contributed by atoms with Crippen LogP contribution in [0.25, 0.3) is 11.0 Å². The predicted molar refractivity (Wildman–Crippen MR) is 88.1 cm³/mol. The number of aromatic nitrogens is 4. The van der Waals surface area contributed by atoms with E-state index >= 15 is 0 Å². The number of rotatable bonds is 4. The van der Waals surface area contributed by atoms with Crippen LogP contribution in [0.5, 0.6) is 0 Å². The molecule has 4 rings (SSSR count). The normalized spacial score (nSPS) is 14.8. The molecule has 0 fully saturated rings. The maximum atomic E-state index is 12.5. The lowest BCUT2D eigenvalue weighted by molar-refractivity contribution is 0.522. The van der Waals surface area contributed by atoms with Gasteiger partial charge in [0.05, 0.1) is 28.2 Å². The number of hydrogen-bond acceptors (Lipinski definition) is 4. The minimum Gasteiger partial charge on any atom is -0.335 e. The number of hydrogen-bond donors (Lipinski definition) is 3. The molecule has 8 nitrogen and oxygen atoms in total. The summed E-state index contributed by atoms with van der Waals surface area (Å²) in [6.07, 6.45) is 5.09. The summed E-state index contributed by atoms with van der Waals surface area (Å²) in [7, 11) is -3.68. The second-order valence-corrected chi connectivity index (χ2v) is 7.68. The Bertz CT molecular complexity index is 1040. The zero-order chi connectivity index (χ0) is 16.7. The first-order chi connectivity index (χ1) is 11.5. The second kappa shape index (κ2) is 5.60. The molecule has 1 aromatic carbocycles. The molecular formula is C15H17N5O3S. The highest BCUT2D eigenvalue weighted by atomic mass is 32.2. The van der Waals surface area contributed by atoms with Gasteiger partial charge in [0, 0.05) is 19.2 Å². The van der Waals surface area contributed by atoms with Crippen LogP contribution in [0, 0.1) is 0 Å². The highest BCUT2D eigenvalue weighted by Crippen LogP contribution is 2.17. The predicted octanol–water partition coefficient (Wildman–Crippen LogP) is 0.867. The van der Waals surface area contributed by atoms with E-state index in [1.165, 1.54) is 12.1 Å². The molecule has 1 aliphatic heterocycles. The average Bonchev–Trinajstić information content (AvgIpc) is 3.13. The van der Waals surface area contributed by atoms with Crippen molar-refractivity contribution in [1.29, 1.82) is 0 Å². The van der Waals surface area contributed by atoms with E-state index in [4.69, 9.17) is 0 Å². The van der Waals surface area contributed by atoms with Crippen LogP contribution in [-0.2, 0) is 29.5 Å². The lowest BCUT2D eigenvalue weighted by Gasteiger charge is -2.11. The highest BCUT2D eigenvalue weighted by Gasteiger charge is 2.17. The Balaban J connectivity index is 1.55. The van der Waals surface area contributed by atoms with Crippen molar-refractivity contribution in [3.8, 4) is 0 Å². The topological polar surface area (TPSA) is 113 Å². The van der Waals surface area contributed by atoms with Crippen molar-refractivity contribution in [3.63, 3.8) is 0 Å². The highest BCUT2D eigenvalue weighted by molar-refractivity contribution is 7.89. The summed E-state index contributed by atoms with van der Waals surface area (Å²) in [6, 6.07) is 4.47. The summed E-state index contributed by atoms with van der Waals surface area (Å²) in [5.41, 5.74) is 1.38. The number of aryl methyl sites for hydroxylation is 2. The van der Waals surface area contributed by atoms with Crippen molar-refractivity contribution in [1.82, 2.24) is 24.2 Å². The van der Waals surface area contributed by atoms with Crippen LogP contribution in [0.3, 0.4) is 0 Å². The smallest absolute Gasteiger partial charge is 0.323 e. The van der Waals surface area contributed by atoms with Gasteiger partial charge in [-0.3, -0.25) is 0 Å². The molecule has 0 saturated heterocycles. The van der Waals surface area contributed by atoms with E-state index in [0.29, 0.717) is 16.7 Å². The Morgan fingerprint density at radius 3 is 2.88 bits per heavy atom. The van der Waals surface area contributed by atoms with Crippen molar-refractivity contribution < 1.29 is 8.42 Å². The van der Waals surface area contributed by atoms with E-state index in [2.05, 4.69) is 24.2 Å². The molecule has 0 bridgehead atoms. The third-order valence-corrected chi connectivity index (χ3v) is 5.60. The van der Waals surface area contributed by atoms with Crippen molar-refractivity contribution in [2.75, 3.05) is 0 Å². The molecule has 0 aliphatic carbocycles. The van der Waals surface area contributed by atoms with E-state index in [-0.39, 0.29) is 17.1 Å². The largest absolute Gasteiger partial charge is 0.335 e. The summed E-state index contributed by atoms with van der Waals surface area (Å²) in [6.45, 7) is 1.08. The van der Waals surface area contributed by atoms with Gasteiger partial charge in [0.25, 0.3) is 0 Å². The number of aromatic amines is 2. The molecule has 3 heterocycles. The SMILES string of the molecule is O=c1[nH]c2ccc(S(=O)(=O)NCc3cn4c(n3)CCCC4)cc2[nH]1. The molecule has 0 radical (unpaired) electrons. The Kier molecular flexibility index (Phi) is 3.54. The number of imidazole rings is 2. The minimum absolute atomic E-state index is 0.106. The number of fused-ring (bicyclic) bond motifs is 2. The van der Waals surface area contributed by atoms with Gasteiger partial charge in [0.1, 0.15) is 5.82 Å². The summed E-state index contributed by atoms with van der Waals surface area (Å²) in [5.74, 6) is 1.02. The molecule has 2 aromatic heterocycles. The van der Waals surface area contributed by atoms with Gasteiger partial charge >= 0.3 is 5.69 Å². The average molecular weight is 347 g/mol. The van der Waals surface area contributed by atoms with Gasteiger partial charge in [-0.2, -0.15) is 0 Å². The van der Waals surface area contributed by atoms with Crippen molar-refractivity contribution in [3.05, 3.63) is 46.4 Å². The van der Waals surface area contributed by atoms with Gasteiger partial charge in [-0.05, 0) is 31.0 Å². The van der Waals surface area contributed by atoms with Crippen molar-refractivity contribution >= 4 is 21.1 Å². The third kappa shape index (κ3) is 2.76. The molecule has 0 amide bonds. The lowest BCUT2D eigenvalue weighted by Crippen LogP contribution is -2.23. The van der Waals surface area contributed by atoms with Gasteiger partial charge in [-0.25, -0.2) is 22.9 Å². The monoisotopic (exact) mass is 347 g/mol. The van der Waals surface area contributed by atoms with Crippen molar-refractivity contribution in [2.24, 2.45) is 0 Å². The summed E-state index contributed by atoms with van der Waals surface area (Å²) in [5, 5.41) is 0. The Labute approximate surface area is 138 Å². The van der Waals surface area contributed by atoms with E-state index in [1.54, 1.807) is 6.07 Å². The van der Waals surface area contributed by atoms with Crippen LogP contribution in [0.4, 0.5) is 0 Å². The first-order valence-electron chi connectivity index (χ1n) is 7.78. The van der Waals surface area contributed by atoms with Crippen LogP contribution in [0.2, 0.25) is 0 Å². The molecule has 1 aliphatic rings. The second-order valence-electron chi connectivity index (χ2n) is 5.91. The third-order valence-electron chi connectivity index (χ3n) is 4.20. The fraction of sp³-hybridized carbons (Fsp3) is 0.333. The number of H-pyrrole nitrogens is 2. The van der Waals surface area contributed by atoms with Crippen LogP contribution >= 0.6 is 0 Å². The Morgan fingerprint density at radius 2 is 2.04 bits per heavy atom. The van der Waals surface area contributed by atoms with E-state index in [1.807, 2.05) is 6.20 Å². The quantitative estimate of drug-likeness (QED) is 0.650. The molecule has 0 saturated carbocycles. The fourth-order valence-electron chi connectivity index (χ4n) is 2.99. The summed E-state index contributed by atoms with van der Waals surface area (Å²) in [4.78, 5) is 21.0. The Hall–Kier alpha value is -2.39. The first-order valence-corrected chi connectivity index (χ1v) is 9.26. The molecule has 24 heavy (non-hydrogen) atoms. The zero-order valence-electron chi connectivity index (χ0n) is 12.9. The maximum absolute atomic E-state index is 12.5. The Morgan fingerprint density at radius 1 is 1.21 bits per heavy atom. The number of nitrogens with zero attached hydrogens (tertiary/aromatic N) is 2. The van der Waals surface area contributed by atoms with Crippen LogP contribution < -0.4 is 10.4 Å². The lowest BCUT2D eigenvalue weighted by atomic mass is 10.2. The first kappa shape index (κ1) is 15.2. The van der Waals surface area contributed by atoms with Crippen molar-refractivity contribution in [2.45, 2.75) is 37.2 Å². The standard InChI is InChI=1S/C15H17N5O3S/c21-15-18-12-5-4-11(7-13(12)19-15)24(22,23)16-8-10-9-20-6-2-1-3-14(20)17-10/h4-5,7,9,16H,1-3,6,8H2,(H2,18,19,21). The number of benzene rings is 1. The molecule has 9 heteroatoms. The minimum atomic E-state index is -3.68. The molecule has 0 atom stereocenters. The molecule has 126 valence electrons.